The zero-order chi connectivity index (χ0) is 15.3. The number of nitrogens with two attached hydrogens (primary N) is 1. The van der Waals surface area contributed by atoms with Crippen molar-refractivity contribution in [3.8, 4) is 5.75 Å². The lowest BCUT2D eigenvalue weighted by Crippen LogP contribution is -2.25. The Morgan fingerprint density at radius 3 is 2.29 bits per heavy atom. The number of hydrogen-bond donors (Lipinski definition) is 1. The van der Waals surface area contributed by atoms with E-state index in [1.54, 1.807) is 24.5 Å². The van der Waals surface area contributed by atoms with Crippen molar-refractivity contribution in [1.82, 2.24) is 4.98 Å². The highest BCUT2D eigenvalue weighted by molar-refractivity contribution is 5.28. The molecule has 2 N–H and O–H groups in total. The Balaban J connectivity index is 1.91. The van der Waals surface area contributed by atoms with Crippen LogP contribution in [0, 0.1) is 0 Å². The van der Waals surface area contributed by atoms with Gasteiger partial charge in [-0.05, 0) is 42.2 Å². The molecule has 0 spiro atoms. The van der Waals surface area contributed by atoms with E-state index in [9.17, 15) is 13.2 Å². The van der Waals surface area contributed by atoms with E-state index in [1.807, 2.05) is 12.1 Å². The van der Waals surface area contributed by atoms with E-state index in [4.69, 9.17) is 5.73 Å². The van der Waals surface area contributed by atoms with E-state index in [-0.39, 0.29) is 11.8 Å². The number of nitrogens with zero attached hydrogens (tertiary/aromatic N) is 1. The molecule has 1 heterocycles. The highest BCUT2D eigenvalue weighted by Crippen LogP contribution is 2.23. The zero-order valence-corrected chi connectivity index (χ0v) is 11.2. The molecule has 1 aromatic carbocycles. The Labute approximate surface area is 120 Å². The smallest absolute Gasteiger partial charge is 0.406 e. The van der Waals surface area contributed by atoms with Crippen molar-refractivity contribution in [3.63, 3.8) is 0 Å². The minimum absolute atomic E-state index is 0.122. The predicted octanol–water partition coefficient (Wildman–Crippen LogP) is 3.09. The van der Waals surface area contributed by atoms with Gasteiger partial charge in [0.1, 0.15) is 5.75 Å². The normalized spacial score (nSPS) is 13.0. The van der Waals surface area contributed by atoms with Crippen molar-refractivity contribution in [2.45, 2.75) is 25.2 Å². The van der Waals surface area contributed by atoms with E-state index in [1.165, 1.54) is 12.1 Å². The lowest BCUT2D eigenvalue weighted by Gasteiger charge is -2.13. The van der Waals surface area contributed by atoms with E-state index >= 15 is 0 Å². The average Bonchev–Trinajstić information content (AvgIpc) is 2.40. The molecule has 112 valence electrons. The SMILES string of the molecule is NC(Cc1ccc(OC(F)(F)F)cc1)Cc1cccnc1. The fraction of sp³-hybridized carbons (Fsp3) is 0.267. The monoisotopic (exact) mass is 296 g/mol. The molecule has 6 heteroatoms. The number of rotatable bonds is 5. The molecular formula is C15H15F3N2O. The van der Waals surface area contributed by atoms with Crippen molar-refractivity contribution in [1.29, 1.82) is 0 Å². The van der Waals surface area contributed by atoms with Gasteiger partial charge in [0.15, 0.2) is 0 Å². The zero-order valence-electron chi connectivity index (χ0n) is 11.2. The summed E-state index contributed by atoms with van der Waals surface area (Å²) in [7, 11) is 0. The quantitative estimate of drug-likeness (QED) is 0.922. The van der Waals surface area contributed by atoms with Crippen molar-refractivity contribution < 1.29 is 17.9 Å². The van der Waals surface area contributed by atoms with Gasteiger partial charge in [-0.2, -0.15) is 0 Å². The van der Waals surface area contributed by atoms with Gasteiger partial charge in [-0.15, -0.1) is 13.2 Å². The second-order valence-corrected chi connectivity index (χ2v) is 4.72. The van der Waals surface area contributed by atoms with Gasteiger partial charge in [-0.25, -0.2) is 0 Å². The number of alkyl halides is 3. The third-order valence-electron chi connectivity index (χ3n) is 2.88. The second kappa shape index (κ2) is 6.58. The molecule has 0 bridgehead atoms. The first-order valence-electron chi connectivity index (χ1n) is 6.41. The van der Waals surface area contributed by atoms with Crippen LogP contribution in [0.15, 0.2) is 48.8 Å². The Kier molecular flexibility index (Phi) is 4.80. The highest BCUT2D eigenvalue weighted by atomic mass is 19.4. The summed E-state index contributed by atoms with van der Waals surface area (Å²) in [6, 6.07) is 9.41. The molecule has 3 nitrogen and oxygen atoms in total. The van der Waals surface area contributed by atoms with Gasteiger partial charge in [0.25, 0.3) is 0 Å². The Morgan fingerprint density at radius 2 is 1.71 bits per heavy atom. The molecule has 1 atom stereocenters. The van der Waals surface area contributed by atoms with Crippen LogP contribution in [-0.2, 0) is 12.8 Å². The molecule has 2 aromatic rings. The summed E-state index contributed by atoms with van der Waals surface area (Å²) < 4.78 is 40.0. The maximum atomic E-state index is 12.0. The van der Waals surface area contributed by atoms with Crippen LogP contribution in [0.5, 0.6) is 5.75 Å². The van der Waals surface area contributed by atoms with Gasteiger partial charge in [0.2, 0.25) is 0 Å². The number of ether oxygens (including phenoxy) is 1. The summed E-state index contributed by atoms with van der Waals surface area (Å²) in [5.74, 6) is -0.230. The Bertz CT molecular complexity index is 555. The highest BCUT2D eigenvalue weighted by Gasteiger charge is 2.30. The molecule has 1 unspecified atom stereocenters. The first-order chi connectivity index (χ1) is 9.92. The average molecular weight is 296 g/mol. The van der Waals surface area contributed by atoms with Crippen LogP contribution in [0.3, 0.4) is 0 Å². The predicted molar refractivity (Wildman–Crippen MR) is 72.7 cm³/mol. The summed E-state index contributed by atoms with van der Waals surface area (Å²) in [6.45, 7) is 0. The van der Waals surface area contributed by atoms with Crippen LogP contribution in [0.2, 0.25) is 0 Å². The van der Waals surface area contributed by atoms with Crippen molar-refractivity contribution in [2.24, 2.45) is 5.73 Å². The number of pyridine rings is 1. The van der Waals surface area contributed by atoms with E-state index in [0.717, 1.165) is 11.1 Å². The minimum Gasteiger partial charge on any atom is -0.406 e. The molecule has 0 saturated heterocycles. The Morgan fingerprint density at radius 1 is 1.05 bits per heavy atom. The number of benzene rings is 1. The standard InChI is InChI=1S/C15H15F3N2O/c16-15(17,18)21-14-5-3-11(4-6-14)8-13(19)9-12-2-1-7-20-10-12/h1-7,10,13H,8-9,19H2. The van der Waals surface area contributed by atoms with E-state index in [0.29, 0.717) is 12.8 Å². The molecule has 0 fully saturated rings. The molecule has 0 radical (unpaired) electrons. The van der Waals surface area contributed by atoms with Crippen LogP contribution < -0.4 is 10.5 Å². The fourth-order valence-corrected chi connectivity index (χ4v) is 2.02. The summed E-state index contributed by atoms with van der Waals surface area (Å²) in [6.07, 6.45) is 0.00257. The van der Waals surface area contributed by atoms with Gasteiger partial charge in [-0.3, -0.25) is 4.98 Å². The summed E-state index contributed by atoms with van der Waals surface area (Å²) in [4.78, 5) is 4.01. The molecule has 0 aliphatic rings. The summed E-state index contributed by atoms with van der Waals surface area (Å²) in [5, 5.41) is 0. The Hall–Kier alpha value is -2.08. The van der Waals surface area contributed by atoms with Gasteiger partial charge < -0.3 is 10.5 Å². The van der Waals surface area contributed by atoms with Crippen LogP contribution >= 0.6 is 0 Å². The van der Waals surface area contributed by atoms with Gasteiger partial charge in [0, 0.05) is 18.4 Å². The molecule has 0 aliphatic carbocycles. The molecule has 0 aliphatic heterocycles. The van der Waals surface area contributed by atoms with Crippen LogP contribution in [0.1, 0.15) is 11.1 Å². The second-order valence-electron chi connectivity index (χ2n) is 4.72. The fourth-order valence-electron chi connectivity index (χ4n) is 2.02. The van der Waals surface area contributed by atoms with E-state index < -0.39 is 6.36 Å². The van der Waals surface area contributed by atoms with Crippen LogP contribution in [-0.4, -0.2) is 17.4 Å². The van der Waals surface area contributed by atoms with Crippen molar-refractivity contribution in [3.05, 3.63) is 59.9 Å². The molecule has 0 amide bonds. The van der Waals surface area contributed by atoms with Crippen LogP contribution in [0.4, 0.5) is 13.2 Å². The molecule has 0 saturated carbocycles. The van der Waals surface area contributed by atoms with Gasteiger partial charge in [0.05, 0.1) is 0 Å². The third-order valence-corrected chi connectivity index (χ3v) is 2.88. The first kappa shape index (κ1) is 15.3. The van der Waals surface area contributed by atoms with E-state index in [2.05, 4.69) is 9.72 Å². The van der Waals surface area contributed by atoms with Crippen LogP contribution in [0.25, 0.3) is 0 Å². The molecule has 1 aromatic heterocycles. The first-order valence-corrected chi connectivity index (χ1v) is 6.41. The number of hydrogen-bond acceptors (Lipinski definition) is 3. The maximum absolute atomic E-state index is 12.0. The molecule has 2 rings (SSSR count). The molecular weight excluding hydrogens is 281 g/mol. The maximum Gasteiger partial charge on any atom is 0.573 e. The minimum atomic E-state index is -4.67. The number of halogens is 3. The third kappa shape index (κ3) is 5.43. The number of aromatic nitrogens is 1. The van der Waals surface area contributed by atoms with Gasteiger partial charge >= 0.3 is 6.36 Å². The lowest BCUT2D eigenvalue weighted by atomic mass is 10.0. The summed E-state index contributed by atoms with van der Waals surface area (Å²) >= 11 is 0. The molecule has 21 heavy (non-hydrogen) atoms. The lowest BCUT2D eigenvalue weighted by molar-refractivity contribution is -0.274. The van der Waals surface area contributed by atoms with Gasteiger partial charge in [-0.1, -0.05) is 18.2 Å². The van der Waals surface area contributed by atoms with Crippen molar-refractivity contribution >= 4 is 0 Å². The van der Waals surface area contributed by atoms with Crippen molar-refractivity contribution in [2.75, 3.05) is 0 Å². The topological polar surface area (TPSA) is 48.1 Å². The largest absolute Gasteiger partial charge is 0.573 e. The summed E-state index contributed by atoms with van der Waals surface area (Å²) in [5.41, 5.74) is 7.93.